The molecule has 0 radical (unpaired) electrons. The van der Waals surface area contributed by atoms with Gasteiger partial charge in [0, 0.05) is 16.5 Å². The number of thiazole rings is 1. The first-order valence-corrected chi connectivity index (χ1v) is 6.78. The molecule has 0 bridgehead atoms. The van der Waals surface area contributed by atoms with E-state index in [1.165, 1.54) is 6.07 Å². The average Bonchev–Trinajstić information content (AvgIpc) is 2.64. The van der Waals surface area contributed by atoms with Crippen molar-refractivity contribution in [1.82, 2.24) is 4.98 Å². The van der Waals surface area contributed by atoms with E-state index in [4.69, 9.17) is 5.73 Å². The van der Waals surface area contributed by atoms with Crippen molar-refractivity contribution in [1.29, 1.82) is 0 Å². The molecule has 2 rings (SSSR count). The van der Waals surface area contributed by atoms with Gasteiger partial charge in [-0.05, 0) is 48.0 Å². The maximum absolute atomic E-state index is 13.1. The predicted molar refractivity (Wildman–Crippen MR) is 72.5 cm³/mol. The molecule has 0 saturated carbocycles. The molecule has 0 amide bonds. The molecule has 1 aromatic carbocycles. The summed E-state index contributed by atoms with van der Waals surface area (Å²) in [6.45, 7) is 3.88. The molecule has 0 aliphatic carbocycles. The molecule has 0 aliphatic heterocycles. The van der Waals surface area contributed by atoms with Crippen LogP contribution in [0.4, 0.5) is 4.39 Å². The molecule has 2 aromatic rings. The molecule has 0 fully saturated rings. The van der Waals surface area contributed by atoms with Gasteiger partial charge in [-0.3, -0.25) is 0 Å². The van der Waals surface area contributed by atoms with Crippen LogP contribution in [-0.4, -0.2) is 4.98 Å². The summed E-state index contributed by atoms with van der Waals surface area (Å²) in [6, 6.07) is 4.87. The van der Waals surface area contributed by atoms with Crippen molar-refractivity contribution in [2.24, 2.45) is 5.73 Å². The van der Waals surface area contributed by atoms with Gasteiger partial charge in [-0.25, -0.2) is 9.37 Å². The molecule has 0 spiro atoms. The quantitative estimate of drug-likeness (QED) is 0.908. The molecule has 5 heteroatoms. The summed E-state index contributed by atoms with van der Waals surface area (Å²) in [5.41, 5.74) is 7.71. The molecule has 2 N–H and O–H groups in total. The zero-order valence-electron chi connectivity index (χ0n) is 9.50. The molecule has 2 nitrogen and oxygen atoms in total. The van der Waals surface area contributed by atoms with Crippen molar-refractivity contribution in [3.05, 3.63) is 39.1 Å². The van der Waals surface area contributed by atoms with Crippen LogP contribution in [0.2, 0.25) is 0 Å². The lowest BCUT2D eigenvalue weighted by molar-refractivity contribution is 0.621. The molecular formula is C12H12BrFN2S. The average molecular weight is 315 g/mol. The van der Waals surface area contributed by atoms with E-state index in [0.29, 0.717) is 4.47 Å². The minimum absolute atomic E-state index is 0.0230. The molecule has 1 atom stereocenters. The van der Waals surface area contributed by atoms with Gasteiger partial charge < -0.3 is 5.73 Å². The first kappa shape index (κ1) is 12.7. The van der Waals surface area contributed by atoms with Crippen LogP contribution in [0.5, 0.6) is 0 Å². The van der Waals surface area contributed by atoms with Crippen LogP contribution in [0.1, 0.15) is 23.5 Å². The number of hydrogen-bond donors (Lipinski definition) is 1. The van der Waals surface area contributed by atoms with Gasteiger partial charge in [-0.15, -0.1) is 11.3 Å². The summed E-state index contributed by atoms with van der Waals surface area (Å²) >= 11 is 4.73. The van der Waals surface area contributed by atoms with Crippen LogP contribution >= 0.6 is 27.3 Å². The zero-order chi connectivity index (χ0) is 12.6. The van der Waals surface area contributed by atoms with Crippen LogP contribution in [0.25, 0.3) is 10.6 Å². The molecule has 90 valence electrons. The normalized spacial score (nSPS) is 12.8. The van der Waals surface area contributed by atoms with Crippen LogP contribution in [-0.2, 0) is 0 Å². The Hall–Kier alpha value is -0.780. The van der Waals surface area contributed by atoms with Crippen molar-refractivity contribution in [2.75, 3.05) is 0 Å². The molecule has 1 aromatic heterocycles. The van der Waals surface area contributed by atoms with E-state index in [1.54, 1.807) is 23.5 Å². The smallest absolute Gasteiger partial charge is 0.137 e. The van der Waals surface area contributed by atoms with Gasteiger partial charge in [0.15, 0.2) is 0 Å². The van der Waals surface area contributed by atoms with E-state index in [2.05, 4.69) is 20.9 Å². The van der Waals surface area contributed by atoms with Crippen molar-refractivity contribution in [3.63, 3.8) is 0 Å². The van der Waals surface area contributed by atoms with Gasteiger partial charge in [-0.1, -0.05) is 0 Å². The molecule has 0 saturated heterocycles. The molecule has 0 aliphatic rings. The summed E-state index contributed by atoms with van der Waals surface area (Å²) in [5.74, 6) is -0.269. The van der Waals surface area contributed by atoms with Crippen molar-refractivity contribution >= 4 is 27.3 Å². The molecule has 17 heavy (non-hydrogen) atoms. The Kier molecular flexibility index (Phi) is 3.61. The second kappa shape index (κ2) is 4.84. The first-order valence-electron chi connectivity index (χ1n) is 5.17. The third-order valence-electron chi connectivity index (χ3n) is 2.41. The second-order valence-electron chi connectivity index (χ2n) is 3.89. The lowest BCUT2D eigenvalue weighted by atomic mass is 10.2. The Balaban J connectivity index is 2.46. The van der Waals surface area contributed by atoms with Crippen molar-refractivity contribution < 1.29 is 4.39 Å². The summed E-state index contributed by atoms with van der Waals surface area (Å²) in [6.07, 6.45) is 0. The van der Waals surface area contributed by atoms with E-state index in [-0.39, 0.29) is 11.9 Å². The van der Waals surface area contributed by atoms with E-state index < -0.39 is 0 Å². The van der Waals surface area contributed by atoms with Crippen molar-refractivity contribution in [2.45, 2.75) is 19.9 Å². The van der Waals surface area contributed by atoms with Crippen LogP contribution in [0.3, 0.4) is 0 Å². The molecule has 1 heterocycles. The van der Waals surface area contributed by atoms with E-state index in [1.807, 2.05) is 13.8 Å². The Morgan fingerprint density at radius 2 is 2.18 bits per heavy atom. The fraction of sp³-hybridized carbons (Fsp3) is 0.250. The van der Waals surface area contributed by atoms with E-state index >= 15 is 0 Å². The van der Waals surface area contributed by atoms with Crippen LogP contribution in [0, 0.1) is 12.7 Å². The SMILES string of the molecule is Cc1nc(-c2ccc(F)c(Br)c2)sc1C(C)N. The number of benzene rings is 1. The number of nitrogens with two attached hydrogens (primary N) is 1. The maximum atomic E-state index is 13.1. The predicted octanol–water partition coefficient (Wildman–Crippen LogP) is 4.04. The standard InChI is InChI=1S/C12H12BrFN2S/c1-6(15)11-7(2)16-12(17-11)8-3-4-10(14)9(13)5-8/h3-6H,15H2,1-2H3. The number of hydrogen-bond acceptors (Lipinski definition) is 3. The topological polar surface area (TPSA) is 38.9 Å². The number of nitrogens with zero attached hydrogens (tertiary/aromatic N) is 1. The minimum Gasteiger partial charge on any atom is -0.323 e. The molecular weight excluding hydrogens is 303 g/mol. The number of halogens is 2. The maximum Gasteiger partial charge on any atom is 0.137 e. The Bertz CT molecular complexity index is 551. The van der Waals surface area contributed by atoms with Gasteiger partial charge >= 0.3 is 0 Å². The van der Waals surface area contributed by atoms with Crippen LogP contribution < -0.4 is 5.73 Å². The summed E-state index contributed by atoms with van der Waals surface area (Å²) < 4.78 is 13.6. The lowest BCUT2D eigenvalue weighted by Gasteiger charge is -2.00. The lowest BCUT2D eigenvalue weighted by Crippen LogP contribution is -2.03. The summed E-state index contributed by atoms with van der Waals surface area (Å²) in [7, 11) is 0. The minimum atomic E-state index is -0.269. The van der Waals surface area contributed by atoms with Crippen LogP contribution in [0.15, 0.2) is 22.7 Å². The van der Waals surface area contributed by atoms with E-state index in [9.17, 15) is 4.39 Å². The highest BCUT2D eigenvalue weighted by Crippen LogP contribution is 2.32. The number of aromatic nitrogens is 1. The zero-order valence-corrected chi connectivity index (χ0v) is 11.9. The van der Waals surface area contributed by atoms with E-state index in [0.717, 1.165) is 21.1 Å². The van der Waals surface area contributed by atoms with Gasteiger partial charge in [0.05, 0.1) is 10.2 Å². The highest BCUT2D eigenvalue weighted by molar-refractivity contribution is 9.10. The largest absolute Gasteiger partial charge is 0.323 e. The first-order chi connectivity index (χ1) is 7.99. The second-order valence-corrected chi connectivity index (χ2v) is 5.77. The summed E-state index contributed by atoms with van der Waals surface area (Å²) in [5, 5.41) is 0.871. The third-order valence-corrected chi connectivity index (χ3v) is 4.43. The van der Waals surface area contributed by atoms with Gasteiger partial charge in [0.1, 0.15) is 10.8 Å². The fourth-order valence-electron chi connectivity index (χ4n) is 1.58. The van der Waals surface area contributed by atoms with Crippen molar-refractivity contribution in [3.8, 4) is 10.6 Å². The number of aryl methyl sites for hydroxylation is 1. The third kappa shape index (κ3) is 2.56. The Morgan fingerprint density at radius 1 is 1.47 bits per heavy atom. The molecule has 1 unspecified atom stereocenters. The highest BCUT2D eigenvalue weighted by atomic mass is 79.9. The summed E-state index contributed by atoms with van der Waals surface area (Å²) in [4.78, 5) is 5.54. The fourth-order valence-corrected chi connectivity index (χ4v) is 2.98. The Morgan fingerprint density at radius 3 is 2.71 bits per heavy atom. The number of rotatable bonds is 2. The monoisotopic (exact) mass is 314 g/mol. The van der Waals surface area contributed by atoms with Gasteiger partial charge in [-0.2, -0.15) is 0 Å². The highest BCUT2D eigenvalue weighted by Gasteiger charge is 2.13. The Labute approximate surface area is 112 Å². The van der Waals surface area contributed by atoms with Gasteiger partial charge in [0.25, 0.3) is 0 Å². The van der Waals surface area contributed by atoms with Gasteiger partial charge in [0.2, 0.25) is 0 Å².